The number of hydrogen-bond donors (Lipinski definition) is 3. The molecule has 16 heavy (non-hydrogen) atoms. The second-order valence-electron chi connectivity index (χ2n) is 2.97. The molecule has 0 bridgehead atoms. The van der Waals surface area contributed by atoms with Crippen molar-refractivity contribution in [3.05, 3.63) is 34.9 Å². The summed E-state index contributed by atoms with van der Waals surface area (Å²) in [6.07, 6.45) is 2.78. The number of H-pyrrole nitrogens is 1. The van der Waals surface area contributed by atoms with Crippen LogP contribution in [-0.2, 0) is 0 Å². The predicted molar refractivity (Wildman–Crippen MR) is 60.2 cm³/mol. The van der Waals surface area contributed by atoms with Gasteiger partial charge in [0.15, 0.2) is 11.5 Å². The molecule has 0 saturated heterocycles. The molecular weight excluding hydrogens is 228 g/mol. The van der Waals surface area contributed by atoms with Crippen LogP contribution < -0.4 is 0 Å². The van der Waals surface area contributed by atoms with Crippen molar-refractivity contribution in [1.29, 1.82) is 0 Å². The van der Waals surface area contributed by atoms with E-state index in [0.29, 0.717) is 10.3 Å². The molecule has 2 aromatic rings. The fourth-order valence-corrected chi connectivity index (χ4v) is 1.25. The summed E-state index contributed by atoms with van der Waals surface area (Å²) >= 11 is 4.88. The molecule has 1 aromatic heterocycles. The molecule has 0 aliphatic heterocycles. The van der Waals surface area contributed by atoms with Gasteiger partial charge in [-0.3, -0.25) is 5.10 Å². The van der Waals surface area contributed by atoms with Crippen molar-refractivity contribution in [2.75, 3.05) is 0 Å². The number of benzene rings is 1. The molecule has 0 radical (unpaired) electrons. The van der Waals surface area contributed by atoms with Gasteiger partial charge < -0.3 is 10.2 Å². The summed E-state index contributed by atoms with van der Waals surface area (Å²) in [5, 5.41) is 28.9. The van der Waals surface area contributed by atoms with Crippen LogP contribution in [0.3, 0.4) is 0 Å². The van der Waals surface area contributed by atoms with Crippen LogP contribution in [0.25, 0.3) is 0 Å². The van der Waals surface area contributed by atoms with Crippen LogP contribution in [0.5, 0.6) is 11.5 Å². The Balaban J connectivity index is 2.35. The van der Waals surface area contributed by atoms with E-state index in [9.17, 15) is 10.2 Å². The van der Waals surface area contributed by atoms with Crippen molar-refractivity contribution in [1.82, 2.24) is 14.9 Å². The first-order chi connectivity index (χ1) is 7.68. The van der Waals surface area contributed by atoms with E-state index < -0.39 is 0 Å². The zero-order valence-corrected chi connectivity index (χ0v) is 8.85. The summed E-state index contributed by atoms with van der Waals surface area (Å²) in [6.45, 7) is 0. The highest BCUT2D eigenvalue weighted by Gasteiger charge is 2.02. The van der Waals surface area contributed by atoms with E-state index in [-0.39, 0.29) is 11.5 Å². The van der Waals surface area contributed by atoms with E-state index in [2.05, 4.69) is 15.3 Å². The molecule has 0 unspecified atom stereocenters. The minimum atomic E-state index is -0.221. The van der Waals surface area contributed by atoms with Gasteiger partial charge in [-0.15, -0.1) is 0 Å². The molecule has 6 nitrogen and oxygen atoms in total. The van der Waals surface area contributed by atoms with Crippen molar-refractivity contribution in [3.8, 4) is 11.5 Å². The molecule has 7 heteroatoms. The van der Waals surface area contributed by atoms with Crippen LogP contribution in [0.2, 0.25) is 0 Å². The van der Waals surface area contributed by atoms with Gasteiger partial charge in [0.1, 0.15) is 6.33 Å². The lowest BCUT2D eigenvalue weighted by Crippen LogP contribution is -1.89. The van der Waals surface area contributed by atoms with Crippen molar-refractivity contribution in [3.63, 3.8) is 0 Å². The maximum Gasteiger partial charge on any atom is 0.216 e. The molecule has 0 amide bonds. The zero-order chi connectivity index (χ0) is 11.5. The van der Waals surface area contributed by atoms with Gasteiger partial charge in [0, 0.05) is 5.56 Å². The summed E-state index contributed by atoms with van der Waals surface area (Å²) in [5.41, 5.74) is 0.392. The molecule has 1 aromatic carbocycles. The lowest BCUT2D eigenvalue weighted by molar-refractivity contribution is 0.403. The Morgan fingerprint density at radius 2 is 2.25 bits per heavy atom. The summed E-state index contributed by atoms with van der Waals surface area (Å²) in [6, 6.07) is 4.60. The normalized spacial score (nSPS) is 11.0. The molecule has 2 rings (SSSR count). The number of phenols is 2. The third-order valence-corrected chi connectivity index (χ3v) is 2.18. The predicted octanol–water partition coefficient (Wildman–Crippen LogP) is 1.23. The van der Waals surface area contributed by atoms with E-state index in [1.807, 2.05) is 0 Å². The molecule has 0 saturated carbocycles. The maximum atomic E-state index is 9.50. The van der Waals surface area contributed by atoms with Gasteiger partial charge in [0.05, 0.1) is 6.21 Å². The highest BCUT2D eigenvalue weighted by molar-refractivity contribution is 7.71. The van der Waals surface area contributed by atoms with Gasteiger partial charge in [-0.1, -0.05) is 6.07 Å². The molecule has 0 fully saturated rings. The fraction of sp³-hybridized carbons (Fsp3) is 0. The lowest BCUT2D eigenvalue weighted by atomic mass is 10.2. The number of aromatic nitrogens is 3. The van der Waals surface area contributed by atoms with Gasteiger partial charge in [0.2, 0.25) is 4.77 Å². The lowest BCUT2D eigenvalue weighted by Gasteiger charge is -1.99. The number of nitrogens with zero attached hydrogens (tertiary/aromatic N) is 3. The van der Waals surface area contributed by atoms with Crippen LogP contribution in [-0.4, -0.2) is 31.3 Å². The van der Waals surface area contributed by atoms with Crippen molar-refractivity contribution in [2.24, 2.45) is 5.10 Å². The van der Waals surface area contributed by atoms with Crippen LogP contribution in [0.4, 0.5) is 0 Å². The average Bonchev–Trinajstić information content (AvgIpc) is 2.67. The van der Waals surface area contributed by atoms with Gasteiger partial charge in [-0.05, 0) is 24.4 Å². The van der Waals surface area contributed by atoms with Crippen LogP contribution >= 0.6 is 12.2 Å². The number of phenolic OH excluding ortho intramolecular Hbond substituents is 2. The molecule has 3 N–H and O–H groups in total. The number of aromatic amines is 1. The van der Waals surface area contributed by atoms with E-state index in [4.69, 9.17) is 12.2 Å². The van der Waals surface area contributed by atoms with E-state index >= 15 is 0 Å². The number of aromatic hydroxyl groups is 2. The number of hydrogen-bond acceptors (Lipinski definition) is 5. The Bertz CT molecular complexity index is 587. The van der Waals surface area contributed by atoms with Crippen molar-refractivity contribution < 1.29 is 10.2 Å². The van der Waals surface area contributed by atoms with E-state index in [1.54, 1.807) is 12.1 Å². The maximum absolute atomic E-state index is 9.50. The second kappa shape index (κ2) is 4.15. The second-order valence-corrected chi connectivity index (χ2v) is 3.35. The van der Waals surface area contributed by atoms with Crippen LogP contribution in [0, 0.1) is 4.77 Å². The first kappa shape index (κ1) is 10.4. The molecule has 0 aliphatic carbocycles. The third kappa shape index (κ3) is 1.94. The SMILES string of the molecule is Oc1cccc(/C=N/n2cn[nH]c2=S)c1O. The smallest absolute Gasteiger partial charge is 0.216 e. The Morgan fingerprint density at radius 3 is 2.94 bits per heavy atom. The molecule has 0 aliphatic rings. The van der Waals surface area contributed by atoms with Gasteiger partial charge in [-0.2, -0.15) is 14.9 Å². The number of para-hydroxylation sites is 1. The number of nitrogens with one attached hydrogen (secondary N) is 1. The van der Waals surface area contributed by atoms with Crippen LogP contribution in [0.15, 0.2) is 29.6 Å². The number of rotatable bonds is 2. The summed E-state index contributed by atoms with van der Waals surface area (Å²) < 4.78 is 1.68. The topological polar surface area (TPSA) is 86.4 Å². The monoisotopic (exact) mass is 236 g/mol. The largest absolute Gasteiger partial charge is 0.504 e. The van der Waals surface area contributed by atoms with Crippen molar-refractivity contribution >= 4 is 18.4 Å². The fourth-order valence-electron chi connectivity index (χ4n) is 1.10. The van der Waals surface area contributed by atoms with E-state index in [1.165, 1.54) is 23.3 Å². The Hall–Kier alpha value is -2.15. The molecule has 0 atom stereocenters. The molecule has 82 valence electrons. The minimum Gasteiger partial charge on any atom is -0.504 e. The molecule has 0 spiro atoms. The summed E-state index contributed by atoms with van der Waals surface area (Å²) in [5.74, 6) is -0.416. The Labute approximate surface area is 95.5 Å². The third-order valence-electron chi connectivity index (χ3n) is 1.90. The minimum absolute atomic E-state index is 0.195. The van der Waals surface area contributed by atoms with Gasteiger partial charge >= 0.3 is 0 Å². The van der Waals surface area contributed by atoms with Gasteiger partial charge in [-0.25, -0.2) is 0 Å². The average molecular weight is 236 g/mol. The molecular formula is C9H8N4O2S. The summed E-state index contributed by atoms with van der Waals surface area (Å²) in [7, 11) is 0. The highest BCUT2D eigenvalue weighted by atomic mass is 32.1. The van der Waals surface area contributed by atoms with Crippen LogP contribution in [0.1, 0.15) is 5.56 Å². The first-order valence-corrected chi connectivity index (χ1v) is 4.76. The zero-order valence-electron chi connectivity index (χ0n) is 8.03. The first-order valence-electron chi connectivity index (χ1n) is 4.36. The Morgan fingerprint density at radius 1 is 1.44 bits per heavy atom. The standard InChI is InChI=1S/C9H8N4O2S/c14-7-3-1-2-6(8(7)15)4-11-13-5-10-12-9(13)16/h1-5,14-15H,(H,12,16)/b11-4+. The van der Waals surface area contributed by atoms with E-state index in [0.717, 1.165) is 0 Å². The quantitative estimate of drug-likeness (QED) is 0.416. The molecule has 1 heterocycles. The summed E-state index contributed by atoms with van der Waals surface area (Å²) in [4.78, 5) is 0. The highest BCUT2D eigenvalue weighted by Crippen LogP contribution is 2.26. The Kier molecular flexibility index (Phi) is 2.69. The van der Waals surface area contributed by atoms with Gasteiger partial charge in [0.25, 0.3) is 0 Å². The van der Waals surface area contributed by atoms with Crippen molar-refractivity contribution in [2.45, 2.75) is 0 Å².